The molecule has 0 saturated heterocycles. The Balaban J connectivity index is 1.90. The third-order valence-corrected chi connectivity index (χ3v) is 5.35. The van der Waals surface area contributed by atoms with E-state index >= 15 is 0 Å². The van der Waals surface area contributed by atoms with Crippen LogP contribution in [0.3, 0.4) is 0 Å². The number of carboxylic acids is 1. The van der Waals surface area contributed by atoms with Crippen LogP contribution in [0.1, 0.15) is 59.3 Å². The van der Waals surface area contributed by atoms with Crippen LogP contribution in [0.25, 0.3) is 0 Å². The topological polar surface area (TPSA) is 66.4 Å². The molecule has 20 heavy (non-hydrogen) atoms. The quantitative estimate of drug-likeness (QED) is 0.779. The highest BCUT2D eigenvalue weighted by molar-refractivity contribution is 5.91. The number of nitrogens with one attached hydrogen (secondary N) is 1. The monoisotopic (exact) mass is 281 g/mol. The Hall–Kier alpha value is -1.06. The normalized spacial score (nSPS) is 31.1. The molecule has 0 radical (unpaired) electrons. The molecule has 0 aromatic rings. The second-order valence-electron chi connectivity index (χ2n) is 7.16. The molecule has 4 heteroatoms. The highest BCUT2D eigenvalue weighted by Crippen LogP contribution is 2.58. The van der Waals surface area contributed by atoms with Crippen molar-refractivity contribution in [3.8, 4) is 0 Å². The van der Waals surface area contributed by atoms with Gasteiger partial charge in [0.2, 0.25) is 5.91 Å². The van der Waals surface area contributed by atoms with E-state index in [1.807, 2.05) is 13.8 Å². The van der Waals surface area contributed by atoms with Crippen LogP contribution in [0, 0.1) is 23.2 Å². The van der Waals surface area contributed by atoms with E-state index in [1.165, 1.54) is 38.5 Å². The maximum Gasteiger partial charge on any atom is 0.307 e. The van der Waals surface area contributed by atoms with Crippen molar-refractivity contribution in [2.75, 3.05) is 0 Å². The summed E-state index contributed by atoms with van der Waals surface area (Å²) in [7, 11) is 0. The average molecular weight is 281 g/mol. The fourth-order valence-corrected chi connectivity index (χ4v) is 3.83. The molecule has 0 aromatic heterocycles. The van der Waals surface area contributed by atoms with Gasteiger partial charge in [-0.25, -0.2) is 0 Å². The number of amides is 1. The van der Waals surface area contributed by atoms with Crippen LogP contribution in [0.15, 0.2) is 0 Å². The van der Waals surface area contributed by atoms with Crippen molar-refractivity contribution in [3.05, 3.63) is 0 Å². The largest absolute Gasteiger partial charge is 0.481 e. The van der Waals surface area contributed by atoms with Crippen molar-refractivity contribution in [3.63, 3.8) is 0 Å². The summed E-state index contributed by atoms with van der Waals surface area (Å²) in [5.74, 6) is -1.26. The lowest BCUT2D eigenvalue weighted by Crippen LogP contribution is -2.39. The van der Waals surface area contributed by atoms with E-state index in [1.54, 1.807) is 0 Å². The lowest BCUT2D eigenvalue weighted by molar-refractivity contribution is -0.140. The number of hydrogen-bond donors (Lipinski definition) is 2. The van der Waals surface area contributed by atoms with Crippen LogP contribution >= 0.6 is 0 Å². The molecule has 3 atom stereocenters. The van der Waals surface area contributed by atoms with Gasteiger partial charge in [0, 0.05) is 6.04 Å². The van der Waals surface area contributed by atoms with Gasteiger partial charge in [-0.1, -0.05) is 39.5 Å². The first-order valence-electron chi connectivity index (χ1n) is 7.89. The molecule has 4 nitrogen and oxygen atoms in total. The summed E-state index contributed by atoms with van der Waals surface area (Å²) in [6, 6.07) is 0.159. The van der Waals surface area contributed by atoms with Gasteiger partial charge >= 0.3 is 5.97 Å². The van der Waals surface area contributed by atoms with E-state index in [4.69, 9.17) is 5.11 Å². The summed E-state index contributed by atoms with van der Waals surface area (Å²) in [5, 5.41) is 12.2. The minimum atomic E-state index is -0.850. The van der Waals surface area contributed by atoms with Crippen LogP contribution in [-0.2, 0) is 9.59 Å². The summed E-state index contributed by atoms with van der Waals surface area (Å²) in [5.41, 5.74) is -0.404. The first kappa shape index (κ1) is 15.3. The van der Waals surface area contributed by atoms with Crippen molar-refractivity contribution in [1.82, 2.24) is 5.32 Å². The lowest BCUT2D eigenvalue weighted by Gasteiger charge is -2.24. The van der Waals surface area contributed by atoms with Gasteiger partial charge in [-0.2, -0.15) is 0 Å². The molecule has 0 spiro atoms. The first-order chi connectivity index (χ1) is 9.35. The summed E-state index contributed by atoms with van der Waals surface area (Å²) in [6.07, 6.45) is 7.45. The Bertz CT molecular complexity index is 383. The average Bonchev–Trinajstić information content (AvgIpc) is 3.01. The number of rotatable bonds is 4. The van der Waals surface area contributed by atoms with Crippen molar-refractivity contribution in [1.29, 1.82) is 0 Å². The summed E-state index contributed by atoms with van der Waals surface area (Å²) in [4.78, 5) is 23.4. The van der Waals surface area contributed by atoms with E-state index in [2.05, 4.69) is 12.2 Å². The van der Waals surface area contributed by atoms with E-state index < -0.39 is 17.3 Å². The Kier molecular flexibility index (Phi) is 4.40. The zero-order valence-electron chi connectivity index (χ0n) is 12.8. The highest BCUT2D eigenvalue weighted by Gasteiger charge is 2.65. The van der Waals surface area contributed by atoms with Crippen molar-refractivity contribution >= 4 is 11.9 Å². The fraction of sp³-hybridized carbons (Fsp3) is 0.875. The second kappa shape index (κ2) is 5.74. The van der Waals surface area contributed by atoms with Gasteiger partial charge in [0.15, 0.2) is 0 Å². The zero-order chi connectivity index (χ0) is 14.9. The standard InChI is InChI=1S/C16H27NO3/c1-10(11-8-6-4-5-7-9-11)17-14(18)12-13(15(19)20)16(12,2)3/h10-13H,4-9H2,1-3H3,(H,17,18)(H,19,20)/t10-,12?,13?/m1/s1. The molecule has 2 fully saturated rings. The first-order valence-corrected chi connectivity index (χ1v) is 7.89. The number of aliphatic carboxylic acids is 1. The summed E-state index contributed by atoms with van der Waals surface area (Å²) < 4.78 is 0. The molecule has 2 aliphatic rings. The molecule has 114 valence electrons. The van der Waals surface area contributed by atoms with Gasteiger partial charge in [0.05, 0.1) is 11.8 Å². The molecule has 2 unspecified atom stereocenters. The van der Waals surface area contributed by atoms with Gasteiger partial charge in [-0.3, -0.25) is 9.59 Å². The van der Waals surface area contributed by atoms with E-state index in [0.717, 1.165) is 0 Å². The van der Waals surface area contributed by atoms with Crippen LogP contribution < -0.4 is 5.32 Å². The smallest absolute Gasteiger partial charge is 0.307 e. The van der Waals surface area contributed by atoms with Gasteiger partial charge in [-0.15, -0.1) is 0 Å². The summed E-state index contributed by atoms with van der Waals surface area (Å²) >= 11 is 0. The van der Waals surface area contributed by atoms with Crippen LogP contribution in [0.2, 0.25) is 0 Å². The molecule has 2 rings (SSSR count). The predicted molar refractivity (Wildman–Crippen MR) is 77.2 cm³/mol. The van der Waals surface area contributed by atoms with Gasteiger partial charge < -0.3 is 10.4 Å². The fourth-order valence-electron chi connectivity index (χ4n) is 3.83. The van der Waals surface area contributed by atoms with E-state index in [9.17, 15) is 9.59 Å². The summed E-state index contributed by atoms with van der Waals surface area (Å²) in [6.45, 7) is 5.80. The maximum absolute atomic E-state index is 12.3. The minimum absolute atomic E-state index is 0.0702. The van der Waals surface area contributed by atoms with Gasteiger partial charge in [-0.05, 0) is 31.1 Å². The van der Waals surface area contributed by atoms with Gasteiger partial charge in [0.25, 0.3) is 0 Å². The van der Waals surface area contributed by atoms with E-state index in [-0.39, 0.29) is 17.9 Å². The predicted octanol–water partition coefficient (Wildman–Crippen LogP) is 2.82. The molecule has 0 aromatic carbocycles. The molecule has 2 N–H and O–H groups in total. The minimum Gasteiger partial charge on any atom is -0.481 e. The Morgan fingerprint density at radius 2 is 1.65 bits per heavy atom. The molecule has 2 saturated carbocycles. The number of carbonyl (C=O) groups excluding carboxylic acids is 1. The number of carboxylic acid groups (broad SMARTS) is 1. The third kappa shape index (κ3) is 2.99. The van der Waals surface area contributed by atoms with Crippen LogP contribution in [-0.4, -0.2) is 23.0 Å². The number of carbonyl (C=O) groups is 2. The van der Waals surface area contributed by atoms with Crippen LogP contribution in [0.4, 0.5) is 0 Å². The molecule has 0 bridgehead atoms. The molecular formula is C16H27NO3. The SMILES string of the molecule is C[C@@H](NC(=O)C1C(C(=O)O)C1(C)C)C1CCCCCC1. The molecule has 2 aliphatic carbocycles. The van der Waals surface area contributed by atoms with Gasteiger partial charge in [0.1, 0.15) is 0 Å². The molecule has 0 heterocycles. The second-order valence-corrected chi connectivity index (χ2v) is 7.16. The Morgan fingerprint density at radius 3 is 2.10 bits per heavy atom. The molecule has 1 amide bonds. The van der Waals surface area contributed by atoms with Crippen LogP contribution in [0.5, 0.6) is 0 Å². The number of hydrogen-bond acceptors (Lipinski definition) is 2. The van der Waals surface area contributed by atoms with Crippen molar-refractivity contribution in [2.24, 2.45) is 23.2 Å². The zero-order valence-corrected chi connectivity index (χ0v) is 12.8. The Morgan fingerprint density at radius 1 is 1.10 bits per heavy atom. The molecular weight excluding hydrogens is 254 g/mol. The van der Waals surface area contributed by atoms with Crippen molar-refractivity contribution in [2.45, 2.75) is 65.3 Å². The van der Waals surface area contributed by atoms with E-state index in [0.29, 0.717) is 5.92 Å². The Labute approximate surface area is 121 Å². The third-order valence-electron chi connectivity index (χ3n) is 5.35. The lowest BCUT2D eigenvalue weighted by atomic mass is 9.93. The maximum atomic E-state index is 12.3. The molecule has 0 aliphatic heterocycles. The highest BCUT2D eigenvalue weighted by atomic mass is 16.4. The van der Waals surface area contributed by atoms with Crippen molar-refractivity contribution < 1.29 is 14.7 Å².